The summed E-state index contributed by atoms with van der Waals surface area (Å²) in [6, 6.07) is 62.5. The minimum atomic E-state index is 0.553. The van der Waals surface area contributed by atoms with Gasteiger partial charge in [-0.05, 0) is 23.8 Å². The van der Waals surface area contributed by atoms with Gasteiger partial charge in [0.25, 0.3) is 0 Å². The fourth-order valence-corrected chi connectivity index (χ4v) is 8.56. The Morgan fingerprint density at radius 2 is 0.772 bits per heavy atom. The quantitative estimate of drug-likeness (QED) is 0.176. The second-order valence-electron chi connectivity index (χ2n) is 14.3. The fourth-order valence-electron chi connectivity index (χ4n) is 8.56. The zero-order chi connectivity index (χ0) is 37.5. The number of benzene rings is 8. The molecule has 0 radical (unpaired) electrons. The lowest BCUT2D eigenvalue weighted by Gasteiger charge is -2.13. The lowest BCUT2D eigenvalue weighted by atomic mass is 9.96. The molecule has 0 aliphatic rings. The van der Waals surface area contributed by atoms with E-state index in [4.69, 9.17) is 23.8 Å². The number of rotatable bonds is 5. The van der Waals surface area contributed by atoms with E-state index < -0.39 is 0 Å². The van der Waals surface area contributed by atoms with E-state index in [2.05, 4.69) is 132 Å². The Labute approximate surface area is 325 Å². The van der Waals surface area contributed by atoms with Crippen molar-refractivity contribution >= 4 is 65.7 Å². The van der Waals surface area contributed by atoms with Gasteiger partial charge in [0.2, 0.25) is 5.95 Å². The topological polar surface area (TPSA) is 69.9 Å². The van der Waals surface area contributed by atoms with Crippen LogP contribution in [0.5, 0.6) is 0 Å². The average molecular weight is 731 g/mol. The summed E-state index contributed by atoms with van der Waals surface area (Å²) < 4.78 is 15.6. The zero-order valence-electron chi connectivity index (χ0n) is 30.4. The Bertz CT molecular complexity index is 3490. The Kier molecular flexibility index (Phi) is 6.83. The van der Waals surface area contributed by atoms with Crippen LogP contribution in [0.1, 0.15) is 0 Å². The molecule has 12 aromatic rings. The van der Waals surface area contributed by atoms with E-state index in [1.807, 2.05) is 54.6 Å². The van der Waals surface area contributed by atoms with Gasteiger partial charge in [0, 0.05) is 60.1 Å². The second kappa shape index (κ2) is 12.3. The highest BCUT2D eigenvalue weighted by molar-refractivity contribution is 6.17. The van der Waals surface area contributed by atoms with Crippen LogP contribution in [0.2, 0.25) is 0 Å². The second-order valence-corrected chi connectivity index (χ2v) is 14.3. The van der Waals surface area contributed by atoms with Gasteiger partial charge in [0.1, 0.15) is 22.3 Å². The SMILES string of the molecule is c1ccc(-c2nc(-c3ccccc3-c3cccc4c3oc3c(-c5cccc6c5oc5ccccc56)cccc34)nc(-n3c4ccccc4c4ccccc43)n2)cc1. The molecule has 266 valence electrons. The van der Waals surface area contributed by atoms with Crippen LogP contribution < -0.4 is 0 Å². The van der Waals surface area contributed by atoms with E-state index in [0.717, 1.165) is 99.1 Å². The number of para-hydroxylation sites is 6. The third-order valence-electron chi connectivity index (χ3n) is 11.1. The third kappa shape index (κ3) is 4.81. The Balaban J connectivity index is 1.08. The summed E-state index contributed by atoms with van der Waals surface area (Å²) in [7, 11) is 0. The van der Waals surface area contributed by atoms with Crippen molar-refractivity contribution in [1.82, 2.24) is 19.5 Å². The van der Waals surface area contributed by atoms with Crippen molar-refractivity contribution < 1.29 is 8.83 Å². The summed E-state index contributed by atoms with van der Waals surface area (Å²) in [5.74, 6) is 1.72. The lowest BCUT2D eigenvalue weighted by molar-refractivity contribution is 0.665. The number of nitrogens with zero attached hydrogens (tertiary/aromatic N) is 4. The van der Waals surface area contributed by atoms with Crippen molar-refractivity contribution in [2.75, 3.05) is 0 Å². The molecule has 0 atom stereocenters. The molecule has 0 aliphatic carbocycles. The molecule has 0 unspecified atom stereocenters. The van der Waals surface area contributed by atoms with Crippen molar-refractivity contribution in [2.24, 2.45) is 0 Å². The van der Waals surface area contributed by atoms with E-state index in [9.17, 15) is 0 Å². The van der Waals surface area contributed by atoms with Crippen LogP contribution in [0, 0.1) is 0 Å². The minimum Gasteiger partial charge on any atom is -0.455 e. The minimum absolute atomic E-state index is 0.553. The number of furan rings is 2. The Morgan fingerprint density at radius 1 is 0.316 bits per heavy atom. The molecule has 0 saturated heterocycles. The molecule has 0 amide bonds. The lowest BCUT2D eigenvalue weighted by Crippen LogP contribution is -2.06. The molecule has 0 N–H and O–H groups in total. The Morgan fingerprint density at radius 3 is 1.44 bits per heavy atom. The highest BCUT2D eigenvalue weighted by Gasteiger charge is 2.22. The molecule has 4 heterocycles. The van der Waals surface area contributed by atoms with Gasteiger partial charge in [0.05, 0.1) is 11.0 Å². The predicted molar refractivity (Wildman–Crippen MR) is 230 cm³/mol. The van der Waals surface area contributed by atoms with Crippen LogP contribution in [0.25, 0.3) is 117 Å². The van der Waals surface area contributed by atoms with Gasteiger partial charge < -0.3 is 8.83 Å². The first-order chi connectivity index (χ1) is 28.3. The van der Waals surface area contributed by atoms with Crippen molar-refractivity contribution in [2.45, 2.75) is 0 Å². The molecule has 6 nitrogen and oxygen atoms in total. The predicted octanol–water partition coefficient (Wildman–Crippen LogP) is 13.4. The summed E-state index contributed by atoms with van der Waals surface area (Å²) in [4.78, 5) is 15.6. The first-order valence-electron chi connectivity index (χ1n) is 19.0. The number of aromatic nitrogens is 4. The summed E-state index contributed by atoms with van der Waals surface area (Å²) in [5.41, 5.74) is 11.1. The van der Waals surface area contributed by atoms with Crippen molar-refractivity contribution in [3.8, 4) is 51.0 Å². The summed E-state index contributed by atoms with van der Waals surface area (Å²) in [6.07, 6.45) is 0. The molecule has 0 fully saturated rings. The van der Waals surface area contributed by atoms with Crippen LogP contribution in [0.15, 0.2) is 191 Å². The van der Waals surface area contributed by atoms with Gasteiger partial charge in [0.15, 0.2) is 11.6 Å². The van der Waals surface area contributed by atoms with Gasteiger partial charge in [-0.15, -0.1) is 0 Å². The zero-order valence-corrected chi connectivity index (χ0v) is 30.4. The molecule has 12 rings (SSSR count). The molecule has 0 aliphatic heterocycles. The van der Waals surface area contributed by atoms with Gasteiger partial charge >= 0.3 is 0 Å². The Hall–Kier alpha value is -7.83. The van der Waals surface area contributed by atoms with Crippen LogP contribution in [-0.2, 0) is 0 Å². The number of hydrogen-bond acceptors (Lipinski definition) is 5. The molecular formula is C51H30N4O2. The molecule has 6 heteroatoms. The monoisotopic (exact) mass is 730 g/mol. The van der Waals surface area contributed by atoms with Crippen LogP contribution in [-0.4, -0.2) is 19.5 Å². The maximum Gasteiger partial charge on any atom is 0.238 e. The first-order valence-corrected chi connectivity index (χ1v) is 19.0. The molecule has 0 spiro atoms. The smallest absolute Gasteiger partial charge is 0.238 e. The average Bonchev–Trinajstić information content (AvgIpc) is 3.96. The van der Waals surface area contributed by atoms with Crippen molar-refractivity contribution in [3.63, 3.8) is 0 Å². The van der Waals surface area contributed by atoms with Gasteiger partial charge in [-0.2, -0.15) is 9.97 Å². The largest absolute Gasteiger partial charge is 0.455 e. The number of fused-ring (bicyclic) bond motifs is 9. The molecule has 57 heavy (non-hydrogen) atoms. The summed E-state index contributed by atoms with van der Waals surface area (Å²) in [6.45, 7) is 0. The van der Waals surface area contributed by atoms with Crippen LogP contribution in [0.3, 0.4) is 0 Å². The highest BCUT2D eigenvalue weighted by atomic mass is 16.3. The van der Waals surface area contributed by atoms with E-state index in [0.29, 0.717) is 17.6 Å². The van der Waals surface area contributed by atoms with Gasteiger partial charge in [-0.25, -0.2) is 4.98 Å². The fraction of sp³-hybridized carbons (Fsp3) is 0. The van der Waals surface area contributed by atoms with E-state index in [1.54, 1.807) is 0 Å². The summed E-state index contributed by atoms with van der Waals surface area (Å²) in [5, 5.41) is 6.53. The van der Waals surface area contributed by atoms with Crippen LogP contribution >= 0.6 is 0 Å². The first kappa shape index (κ1) is 31.5. The van der Waals surface area contributed by atoms with E-state index in [-0.39, 0.29) is 0 Å². The van der Waals surface area contributed by atoms with Gasteiger partial charge in [-0.3, -0.25) is 4.57 Å². The molecule has 0 saturated carbocycles. The maximum absolute atomic E-state index is 7.01. The van der Waals surface area contributed by atoms with E-state index in [1.165, 1.54) is 0 Å². The van der Waals surface area contributed by atoms with Gasteiger partial charge in [-0.1, -0.05) is 164 Å². The summed E-state index contributed by atoms with van der Waals surface area (Å²) >= 11 is 0. The third-order valence-corrected chi connectivity index (χ3v) is 11.1. The molecular weight excluding hydrogens is 701 g/mol. The van der Waals surface area contributed by atoms with Crippen LogP contribution in [0.4, 0.5) is 0 Å². The molecule has 8 aromatic carbocycles. The number of hydrogen-bond donors (Lipinski definition) is 0. The highest BCUT2D eigenvalue weighted by Crippen LogP contribution is 2.44. The maximum atomic E-state index is 7.01. The standard InChI is InChI=1S/C51H30N4O2/c1-2-15-31(16-3-1)49-52-50(54-51(53-49)55-43-28-9-6-18-33(43)34-19-7-10-29-44(34)55)42-21-5-4-17-32(42)36-22-12-25-40-41-27-14-26-39(48(41)57-47(36)40)38-24-13-23-37-35-20-8-11-30-45(35)56-46(37)38/h1-30H. The van der Waals surface area contributed by atoms with E-state index >= 15 is 0 Å². The molecule has 4 aromatic heterocycles. The van der Waals surface area contributed by atoms with Crippen molar-refractivity contribution in [1.29, 1.82) is 0 Å². The molecule has 0 bridgehead atoms. The normalized spacial score (nSPS) is 11.9. The van der Waals surface area contributed by atoms with Crippen molar-refractivity contribution in [3.05, 3.63) is 182 Å².